The molecule has 0 fully saturated rings. The van der Waals surface area contributed by atoms with E-state index >= 15 is 0 Å². The Balaban J connectivity index is 2.05. The van der Waals surface area contributed by atoms with Crippen molar-refractivity contribution in [1.82, 2.24) is 10.3 Å². The molecule has 150 valence electrons. The smallest absolute Gasteiger partial charge is 0.266 e. The van der Waals surface area contributed by atoms with E-state index in [2.05, 4.69) is 10.3 Å². The molecule has 2 aromatic carbocycles. The van der Waals surface area contributed by atoms with Crippen molar-refractivity contribution >= 4 is 32.3 Å². The molecule has 2 heterocycles. The number of hydrogen-bond acceptors (Lipinski definition) is 4. The minimum Gasteiger partial charge on any atom is -0.392 e. The number of halogens is 1. The summed E-state index contributed by atoms with van der Waals surface area (Å²) < 4.78 is 15.6. The van der Waals surface area contributed by atoms with Crippen LogP contribution in [0.5, 0.6) is 0 Å². The molecule has 1 atom stereocenters. The Morgan fingerprint density at radius 3 is 2.76 bits per heavy atom. The lowest BCUT2D eigenvalue weighted by molar-refractivity contribution is 0.282. The van der Waals surface area contributed by atoms with Gasteiger partial charge < -0.3 is 15.4 Å². The molecule has 0 saturated carbocycles. The summed E-state index contributed by atoms with van der Waals surface area (Å²) in [6.45, 7) is 4.40. The van der Waals surface area contributed by atoms with Crippen LogP contribution < -0.4 is 10.9 Å². The van der Waals surface area contributed by atoms with E-state index in [9.17, 15) is 14.3 Å². The topological polar surface area (TPSA) is 65.1 Å². The summed E-state index contributed by atoms with van der Waals surface area (Å²) in [4.78, 5) is 15.5. The van der Waals surface area contributed by atoms with Crippen LogP contribution in [0.15, 0.2) is 40.5 Å². The van der Waals surface area contributed by atoms with Crippen LogP contribution in [0.4, 0.5) is 4.39 Å². The third-order valence-corrected chi connectivity index (χ3v) is 6.40. The normalized spacial score (nSPS) is 12.7. The van der Waals surface area contributed by atoms with Crippen molar-refractivity contribution < 1.29 is 9.50 Å². The molecule has 29 heavy (non-hydrogen) atoms. The minimum absolute atomic E-state index is 0.0426. The molecule has 4 aromatic rings. The van der Waals surface area contributed by atoms with Crippen LogP contribution in [0.2, 0.25) is 0 Å². The van der Waals surface area contributed by atoms with E-state index in [1.54, 1.807) is 0 Å². The fraction of sp³-hybridized carbons (Fsp3) is 0.261. The Morgan fingerprint density at radius 1 is 1.28 bits per heavy atom. The fourth-order valence-corrected chi connectivity index (χ4v) is 4.92. The number of aromatic amines is 1. The number of benzene rings is 2. The van der Waals surface area contributed by atoms with Gasteiger partial charge in [-0.1, -0.05) is 25.1 Å². The van der Waals surface area contributed by atoms with Crippen molar-refractivity contribution in [2.45, 2.75) is 26.4 Å². The van der Waals surface area contributed by atoms with Crippen molar-refractivity contribution in [3.8, 4) is 11.1 Å². The van der Waals surface area contributed by atoms with Crippen molar-refractivity contribution in [3.63, 3.8) is 0 Å². The van der Waals surface area contributed by atoms with Crippen molar-refractivity contribution in [2.75, 3.05) is 13.6 Å². The van der Waals surface area contributed by atoms with Crippen molar-refractivity contribution in [1.29, 1.82) is 0 Å². The Labute approximate surface area is 172 Å². The first-order valence-corrected chi connectivity index (χ1v) is 10.4. The molecule has 2 aromatic heterocycles. The highest BCUT2D eigenvalue weighted by Crippen LogP contribution is 2.39. The quantitative estimate of drug-likeness (QED) is 0.448. The standard InChI is InChI=1S/C23H23FN2O2S/c1-12-8-15(11-27)19(14-4-5-16(18(24)9-14)13(2)10-25-3)20-17-6-7-29-22(17)23(28)26-21(12)20/h4-9,13,25,27H,10-11H2,1-3H3,(H,26,28). The third kappa shape index (κ3) is 3.27. The van der Waals surface area contributed by atoms with E-state index in [4.69, 9.17) is 0 Å². The number of likely N-dealkylation sites (N-methyl/N-ethyl adjacent to an activating group) is 1. The summed E-state index contributed by atoms with van der Waals surface area (Å²) in [6, 6.07) is 9.03. The van der Waals surface area contributed by atoms with E-state index in [1.807, 2.05) is 50.5 Å². The number of aromatic nitrogens is 1. The summed E-state index contributed by atoms with van der Waals surface area (Å²) in [7, 11) is 1.85. The van der Waals surface area contributed by atoms with Gasteiger partial charge >= 0.3 is 0 Å². The maximum atomic E-state index is 15.0. The fourth-order valence-electron chi connectivity index (χ4n) is 4.12. The number of rotatable bonds is 5. The van der Waals surface area contributed by atoms with Gasteiger partial charge in [0.05, 0.1) is 12.1 Å². The third-order valence-electron chi connectivity index (χ3n) is 5.49. The van der Waals surface area contributed by atoms with Crippen LogP contribution in [0.3, 0.4) is 0 Å². The van der Waals surface area contributed by atoms with Gasteiger partial charge in [0.25, 0.3) is 5.56 Å². The van der Waals surface area contributed by atoms with Gasteiger partial charge in [-0.05, 0) is 65.2 Å². The molecule has 0 saturated heterocycles. The monoisotopic (exact) mass is 410 g/mol. The molecule has 0 aliphatic carbocycles. The molecule has 0 amide bonds. The van der Waals surface area contributed by atoms with Crippen LogP contribution >= 0.6 is 11.3 Å². The van der Waals surface area contributed by atoms with Crippen LogP contribution in [0, 0.1) is 12.7 Å². The number of pyridine rings is 1. The highest BCUT2D eigenvalue weighted by Gasteiger charge is 2.19. The lowest BCUT2D eigenvalue weighted by Gasteiger charge is -2.17. The Hall–Kier alpha value is -2.54. The first kappa shape index (κ1) is 19.8. The molecule has 4 rings (SSSR count). The lowest BCUT2D eigenvalue weighted by atomic mass is 9.90. The number of thiophene rings is 1. The van der Waals surface area contributed by atoms with E-state index in [0.717, 1.165) is 27.4 Å². The number of aliphatic hydroxyl groups is 1. The van der Waals surface area contributed by atoms with Gasteiger partial charge in [-0.2, -0.15) is 0 Å². The molecular formula is C23H23FN2O2S. The summed E-state index contributed by atoms with van der Waals surface area (Å²) in [5, 5.41) is 16.7. The molecule has 0 radical (unpaired) electrons. The number of H-pyrrole nitrogens is 1. The maximum Gasteiger partial charge on any atom is 0.266 e. The number of hydrogen-bond donors (Lipinski definition) is 3. The minimum atomic E-state index is -0.270. The zero-order valence-corrected chi connectivity index (χ0v) is 17.4. The molecule has 0 bridgehead atoms. The molecule has 4 nitrogen and oxygen atoms in total. The predicted molar refractivity (Wildman–Crippen MR) is 118 cm³/mol. The summed E-state index contributed by atoms with van der Waals surface area (Å²) in [5.41, 5.74) is 4.29. The van der Waals surface area contributed by atoms with E-state index in [1.165, 1.54) is 17.4 Å². The second-order valence-corrected chi connectivity index (χ2v) is 8.36. The SMILES string of the molecule is CNCC(C)c1ccc(-c2c(CO)cc(C)c3[nH]c(=O)c4sccc4c23)cc1F. The van der Waals surface area contributed by atoms with Gasteiger partial charge in [-0.25, -0.2) is 4.39 Å². The highest BCUT2D eigenvalue weighted by atomic mass is 32.1. The van der Waals surface area contributed by atoms with Crippen LogP contribution in [-0.4, -0.2) is 23.7 Å². The average molecular weight is 411 g/mol. The number of fused-ring (bicyclic) bond motifs is 3. The zero-order valence-electron chi connectivity index (χ0n) is 16.6. The molecule has 0 aliphatic heterocycles. The van der Waals surface area contributed by atoms with Gasteiger partial charge in [0.15, 0.2) is 0 Å². The van der Waals surface area contributed by atoms with Gasteiger partial charge in [-0.3, -0.25) is 4.79 Å². The molecule has 3 N–H and O–H groups in total. The Kier molecular flexibility index (Phi) is 5.25. The van der Waals surface area contributed by atoms with Gasteiger partial charge in [0.2, 0.25) is 0 Å². The molecule has 0 aliphatic rings. The van der Waals surface area contributed by atoms with Crippen LogP contribution in [0.25, 0.3) is 32.1 Å². The van der Waals surface area contributed by atoms with E-state index in [0.29, 0.717) is 27.9 Å². The average Bonchev–Trinajstić information content (AvgIpc) is 3.19. The van der Waals surface area contributed by atoms with Crippen LogP contribution in [-0.2, 0) is 6.61 Å². The molecular weight excluding hydrogens is 387 g/mol. The largest absolute Gasteiger partial charge is 0.392 e. The van der Waals surface area contributed by atoms with Gasteiger partial charge in [-0.15, -0.1) is 11.3 Å². The maximum absolute atomic E-state index is 15.0. The van der Waals surface area contributed by atoms with Crippen LogP contribution in [0.1, 0.15) is 29.5 Å². The Morgan fingerprint density at radius 2 is 2.07 bits per heavy atom. The predicted octanol–water partition coefficient (Wildman–Crippen LogP) is 4.67. The zero-order chi connectivity index (χ0) is 20.7. The summed E-state index contributed by atoms with van der Waals surface area (Å²) >= 11 is 1.38. The first-order valence-electron chi connectivity index (χ1n) is 9.57. The van der Waals surface area contributed by atoms with Crippen molar-refractivity contribution in [3.05, 3.63) is 68.6 Å². The van der Waals surface area contributed by atoms with Crippen molar-refractivity contribution in [2.24, 2.45) is 0 Å². The highest BCUT2D eigenvalue weighted by molar-refractivity contribution is 7.17. The van der Waals surface area contributed by atoms with Gasteiger partial charge in [0.1, 0.15) is 10.5 Å². The second kappa shape index (κ2) is 7.71. The lowest BCUT2D eigenvalue weighted by Crippen LogP contribution is -2.15. The molecule has 1 unspecified atom stereocenters. The summed E-state index contributed by atoms with van der Waals surface area (Å²) in [5.74, 6) is -0.227. The van der Waals surface area contributed by atoms with E-state index < -0.39 is 0 Å². The number of aliphatic hydroxyl groups excluding tert-OH is 1. The number of aryl methyl sites for hydroxylation is 1. The van der Waals surface area contributed by atoms with E-state index in [-0.39, 0.29) is 23.9 Å². The summed E-state index contributed by atoms with van der Waals surface area (Å²) in [6.07, 6.45) is 0. The molecule has 0 spiro atoms. The first-order chi connectivity index (χ1) is 14.0. The number of nitrogens with one attached hydrogen (secondary N) is 2. The Bertz CT molecular complexity index is 1280. The second-order valence-electron chi connectivity index (χ2n) is 7.45. The van der Waals surface area contributed by atoms with Gasteiger partial charge in [0, 0.05) is 17.3 Å². The molecule has 6 heteroatoms.